The number of carbonyl (C=O) groups is 1. The van der Waals surface area contributed by atoms with Crippen molar-refractivity contribution in [2.24, 2.45) is 0 Å². The number of rotatable bonds is 3. The van der Waals surface area contributed by atoms with Crippen LogP contribution in [0.5, 0.6) is 0 Å². The van der Waals surface area contributed by atoms with Gasteiger partial charge in [-0.05, 0) is 38.1 Å². The summed E-state index contributed by atoms with van der Waals surface area (Å²) in [6, 6.07) is 6.67. The molecule has 84 valence electrons. The fourth-order valence-corrected chi connectivity index (χ4v) is 2.06. The summed E-state index contributed by atoms with van der Waals surface area (Å²) < 4.78 is 15.1. The summed E-state index contributed by atoms with van der Waals surface area (Å²) in [7, 11) is 0. The number of Topliss-reactive ketones (excluding diaryl/α,β-unsaturated/α-hetero) is 1. The van der Waals surface area contributed by atoms with E-state index in [0.717, 1.165) is 23.1 Å². The first-order valence-corrected chi connectivity index (χ1v) is 5.39. The number of hydrogen-bond donors (Lipinski definition) is 0. The Morgan fingerprint density at radius 1 is 1.38 bits per heavy atom. The van der Waals surface area contributed by atoms with E-state index >= 15 is 0 Å². The van der Waals surface area contributed by atoms with E-state index in [1.54, 1.807) is 13.0 Å². The van der Waals surface area contributed by atoms with Crippen molar-refractivity contribution in [1.29, 1.82) is 0 Å². The number of halogens is 1. The van der Waals surface area contributed by atoms with Crippen LogP contribution in [0.3, 0.4) is 0 Å². The topological polar surface area (TPSA) is 22.0 Å². The number of nitrogens with zero attached hydrogens (tertiary/aromatic N) is 1. The zero-order valence-electron chi connectivity index (χ0n) is 9.46. The summed E-state index contributed by atoms with van der Waals surface area (Å²) in [6.07, 6.45) is 0.407. The highest BCUT2D eigenvalue weighted by Gasteiger charge is 2.09. The summed E-state index contributed by atoms with van der Waals surface area (Å²) in [6.45, 7) is 4.31. The Labute approximate surface area is 93.7 Å². The second-order valence-corrected chi connectivity index (χ2v) is 3.96. The molecule has 0 radical (unpaired) electrons. The van der Waals surface area contributed by atoms with E-state index < -0.39 is 0 Å². The molecule has 0 spiro atoms. The van der Waals surface area contributed by atoms with Crippen LogP contribution in [0.1, 0.15) is 19.5 Å². The molecule has 3 heteroatoms. The largest absolute Gasteiger partial charge is 0.344 e. The summed E-state index contributed by atoms with van der Waals surface area (Å²) >= 11 is 0. The van der Waals surface area contributed by atoms with Crippen LogP contribution in [-0.4, -0.2) is 10.4 Å². The molecule has 0 fully saturated rings. The number of ketones is 1. The third-order valence-electron chi connectivity index (χ3n) is 2.70. The third kappa shape index (κ3) is 1.85. The molecule has 0 atom stereocenters. The van der Waals surface area contributed by atoms with Gasteiger partial charge in [0.25, 0.3) is 0 Å². The molecule has 2 rings (SSSR count). The van der Waals surface area contributed by atoms with Crippen LogP contribution >= 0.6 is 0 Å². The number of aryl methyl sites for hydroxylation is 1. The third-order valence-corrected chi connectivity index (χ3v) is 2.70. The lowest BCUT2D eigenvalue weighted by molar-refractivity contribution is -0.116. The normalized spacial score (nSPS) is 10.9. The van der Waals surface area contributed by atoms with Gasteiger partial charge in [-0.15, -0.1) is 0 Å². The molecule has 0 saturated heterocycles. The van der Waals surface area contributed by atoms with Gasteiger partial charge in [0.15, 0.2) is 0 Å². The van der Waals surface area contributed by atoms with E-state index in [0.29, 0.717) is 6.42 Å². The first-order chi connectivity index (χ1) is 7.61. The maximum atomic E-state index is 13.1. The maximum Gasteiger partial charge on any atom is 0.135 e. The summed E-state index contributed by atoms with van der Waals surface area (Å²) in [4.78, 5) is 11.1. The van der Waals surface area contributed by atoms with Crippen LogP contribution in [0.2, 0.25) is 0 Å². The zero-order chi connectivity index (χ0) is 11.7. The standard InChI is InChI=1S/C13H14FNO/c1-3-15-12(6-9(2)16)7-10-4-5-11(14)8-13(10)15/h4-5,7-8H,3,6H2,1-2H3. The van der Waals surface area contributed by atoms with Crippen molar-refractivity contribution >= 4 is 16.7 Å². The van der Waals surface area contributed by atoms with Gasteiger partial charge >= 0.3 is 0 Å². The lowest BCUT2D eigenvalue weighted by Crippen LogP contribution is -2.05. The molecule has 2 nitrogen and oxygen atoms in total. The molecule has 0 unspecified atom stereocenters. The highest BCUT2D eigenvalue weighted by molar-refractivity contribution is 5.84. The molecular formula is C13H14FNO. The quantitative estimate of drug-likeness (QED) is 0.778. The first kappa shape index (κ1) is 10.9. The van der Waals surface area contributed by atoms with Gasteiger partial charge in [0.1, 0.15) is 11.6 Å². The lowest BCUT2D eigenvalue weighted by Gasteiger charge is -2.06. The minimum Gasteiger partial charge on any atom is -0.344 e. The van der Waals surface area contributed by atoms with Crippen LogP contribution in [0.15, 0.2) is 24.3 Å². The van der Waals surface area contributed by atoms with Crippen molar-refractivity contribution in [2.45, 2.75) is 26.8 Å². The molecule has 0 N–H and O–H groups in total. The zero-order valence-corrected chi connectivity index (χ0v) is 9.46. The highest BCUT2D eigenvalue weighted by Crippen LogP contribution is 2.21. The van der Waals surface area contributed by atoms with Gasteiger partial charge in [-0.1, -0.05) is 0 Å². The van der Waals surface area contributed by atoms with Crippen LogP contribution in [0.4, 0.5) is 4.39 Å². The fraction of sp³-hybridized carbons (Fsp3) is 0.308. The molecule has 0 bridgehead atoms. The van der Waals surface area contributed by atoms with Gasteiger partial charge in [0.2, 0.25) is 0 Å². The molecule has 0 aliphatic rings. The monoisotopic (exact) mass is 219 g/mol. The van der Waals surface area contributed by atoms with Crippen molar-refractivity contribution in [3.05, 3.63) is 35.8 Å². The molecule has 16 heavy (non-hydrogen) atoms. The smallest absolute Gasteiger partial charge is 0.135 e. The van der Waals surface area contributed by atoms with E-state index in [2.05, 4.69) is 0 Å². The van der Waals surface area contributed by atoms with Gasteiger partial charge in [-0.25, -0.2) is 4.39 Å². The average Bonchev–Trinajstić information content (AvgIpc) is 2.53. The van der Waals surface area contributed by atoms with E-state index in [1.165, 1.54) is 12.1 Å². The predicted octanol–water partition coefficient (Wildman–Crippen LogP) is 2.93. The van der Waals surface area contributed by atoms with E-state index in [-0.39, 0.29) is 11.6 Å². The Kier molecular flexibility index (Phi) is 2.77. The number of carbonyl (C=O) groups excluding carboxylic acids is 1. The highest BCUT2D eigenvalue weighted by atomic mass is 19.1. The molecule has 0 saturated carbocycles. The van der Waals surface area contributed by atoms with Crippen LogP contribution in [0, 0.1) is 5.82 Å². The molecule has 1 heterocycles. The second-order valence-electron chi connectivity index (χ2n) is 3.96. The van der Waals surface area contributed by atoms with Crippen molar-refractivity contribution in [3.63, 3.8) is 0 Å². The molecule has 1 aromatic heterocycles. The Morgan fingerprint density at radius 2 is 2.12 bits per heavy atom. The molecule has 2 aromatic rings. The Bertz CT molecular complexity index is 542. The molecular weight excluding hydrogens is 205 g/mol. The maximum absolute atomic E-state index is 13.1. The van der Waals surface area contributed by atoms with Crippen LogP contribution in [-0.2, 0) is 17.8 Å². The van der Waals surface area contributed by atoms with Crippen molar-refractivity contribution in [3.8, 4) is 0 Å². The predicted molar refractivity (Wildman–Crippen MR) is 62.0 cm³/mol. The Hall–Kier alpha value is -1.64. The van der Waals surface area contributed by atoms with Crippen LogP contribution < -0.4 is 0 Å². The molecule has 0 aliphatic carbocycles. The Morgan fingerprint density at radius 3 is 2.75 bits per heavy atom. The van der Waals surface area contributed by atoms with E-state index in [1.807, 2.05) is 17.6 Å². The van der Waals surface area contributed by atoms with Crippen LogP contribution in [0.25, 0.3) is 10.9 Å². The molecule has 0 aliphatic heterocycles. The Balaban J connectivity index is 2.62. The molecule has 0 amide bonds. The SMILES string of the molecule is CCn1c(CC(C)=O)cc2ccc(F)cc21. The van der Waals surface area contributed by atoms with E-state index in [9.17, 15) is 9.18 Å². The number of benzene rings is 1. The van der Waals surface area contributed by atoms with Crippen molar-refractivity contribution in [1.82, 2.24) is 4.57 Å². The first-order valence-electron chi connectivity index (χ1n) is 5.39. The number of hydrogen-bond acceptors (Lipinski definition) is 1. The minimum absolute atomic E-state index is 0.123. The summed E-state index contributed by atoms with van der Waals surface area (Å²) in [5.41, 5.74) is 1.81. The molecule has 1 aromatic carbocycles. The minimum atomic E-state index is -0.241. The second kappa shape index (κ2) is 4.08. The van der Waals surface area contributed by atoms with Gasteiger partial charge in [-0.2, -0.15) is 0 Å². The van der Waals surface area contributed by atoms with E-state index in [4.69, 9.17) is 0 Å². The van der Waals surface area contributed by atoms with Gasteiger partial charge in [-0.3, -0.25) is 4.79 Å². The van der Waals surface area contributed by atoms with Gasteiger partial charge in [0.05, 0.1) is 5.52 Å². The fourth-order valence-electron chi connectivity index (χ4n) is 2.06. The number of aromatic nitrogens is 1. The van der Waals surface area contributed by atoms with Gasteiger partial charge < -0.3 is 4.57 Å². The average molecular weight is 219 g/mol. The van der Waals surface area contributed by atoms with Gasteiger partial charge in [0, 0.05) is 24.0 Å². The van der Waals surface area contributed by atoms with Crippen molar-refractivity contribution in [2.75, 3.05) is 0 Å². The summed E-state index contributed by atoms with van der Waals surface area (Å²) in [5.74, 6) is -0.118. The lowest BCUT2D eigenvalue weighted by atomic mass is 10.2. The van der Waals surface area contributed by atoms with Crippen molar-refractivity contribution < 1.29 is 9.18 Å². The summed E-state index contributed by atoms with van der Waals surface area (Å²) in [5, 5.41) is 0.986. The number of fused-ring (bicyclic) bond motifs is 1.